The fourth-order valence-electron chi connectivity index (χ4n) is 3.64. The Morgan fingerprint density at radius 1 is 1.14 bits per heavy atom. The summed E-state index contributed by atoms with van der Waals surface area (Å²) in [5, 5.41) is 3.48. The predicted molar refractivity (Wildman–Crippen MR) is 116 cm³/mol. The minimum atomic E-state index is -0.681. The van der Waals surface area contributed by atoms with Crippen molar-refractivity contribution in [3.63, 3.8) is 0 Å². The summed E-state index contributed by atoms with van der Waals surface area (Å²) in [5.74, 6) is -0.00774. The molecule has 1 aromatic carbocycles. The number of rotatable bonds is 7. The molecule has 1 heterocycles. The number of esters is 1. The Hall–Kier alpha value is -2.34. The molecule has 0 aliphatic heterocycles. The Kier molecular flexibility index (Phi) is 7.31. The molecular weight excluding hydrogens is 386 g/mol. The van der Waals surface area contributed by atoms with Crippen LogP contribution < -0.4 is 10.1 Å². The van der Waals surface area contributed by atoms with Gasteiger partial charge in [-0.1, -0.05) is 31.9 Å². The third-order valence-corrected chi connectivity index (χ3v) is 6.40. The lowest BCUT2D eigenvalue weighted by Crippen LogP contribution is -2.30. The number of hydrogen-bond donors (Lipinski definition) is 1. The molecule has 1 aromatic heterocycles. The van der Waals surface area contributed by atoms with E-state index in [1.54, 1.807) is 6.92 Å². The third kappa shape index (κ3) is 5.18. The van der Waals surface area contributed by atoms with Crippen LogP contribution in [0.25, 0.3) is 0 Å². The summed E-state index contributed by atoms with van der Waals surface area (Å²) in [7, 11) is 1.38. The van der Waals surface area contributed by atoms with Gasteiger partial charge in [0.05, 0.1) is 12.7 Å². The minimum absolute atomic E-state index is 0.274. The first kappa shape index (κ1) is 21.4. The van der Waals surface area contributed by atoms with Gasteiger partial charge in [-0.05, 0) is 62.3 Å². The van der Waals surface area contributed by atoms with Gasteiger partial charge in [-0.15, -0.1) is 11.3 Å². The SMILES string of the molecule is CCCc1ccc(O[C@@H](C)C(=O)Nc2sc3c(c2C(=O)OC)CCCCC3)cc1. The van der Waals surface area contributed by atoms with E-state index >= 15 is 0 Å². The molecule has 1 atom stereocenters. The number of carbonyl (C=O) groups excluding carboxylic acids is 2. The van der Waals surface area contributed by atoms with Crippen molar-refractivity contribution in [2.45, 2.75) is 64.9 Å². The van der Waals surface area contributed by atoms with Gasteiger partial charge in [0, 0.05) is 4.88 Å². The maximum Gasteiger partial charge on any atom is 0.341 e. The first-order valence-electron chi connectivity index (χ1n) is 10.3. The highest BCUT2D eigenvalue weighted by molar-refractivity contribution is 7.17. The molecule has 29 heavy (non-hydrogen) atoms. The number of nitrogens with one attached hydrogen (secondary N) is 1. The Bertz CT molecular complexity index is 857. The normalized spacial score (nSPS) is 14.4. The molecule has 0 fully saturated rings. The second-order valence-electron chi connectivity index (χ2n) is 7.40. The van der Waals surface area contributed by atoms with Crippen LogP contribution in [0.15, 0.2) is 24.3 Å². The van der Waals surface area contributed by atoms with E-state index in [-0.39, 0.29) is 11.9 Å². The zero-order valence-corrected chi connectivity index (χ0v) is 18.2. The molecule has 156 valence electrons. The molecule has 1 N–H and O–H groups in total. The Balaban J connectivity index is 1.73. The highest BCUT2D eigenvalue weighted by atomic mass is 32.1. The van der Waals surface area contributed by atoms with Crippen molar-refractivity contribution in [3.8, 4) is 5.75 Å². The van der Waals surface area contributed by atoms with Crippen LogP contribution in [-0.2, 0) is 28.8 Å². The molecule has 1 aliphatic rings. The molecule has 0 unspecified atom stereocenters. The molecule has 2 aromatic rings. The molecular formula is C23H29NO4S. The maximum absolute atomic E-state index is 12.7. The van der Waals surface area contributed by atoms with E-state index in [2.05, 4.69) is 12.2 Å². The number of anilines is 1. The van der Waals surface area contributed by atoms with Gasteiger partial charge >= 0.3 is 5.97 Å². The molecule has 1 aliphatic carbocycles. The fourth-order valence-corrected chi connectivity index (χ4v) is 4.92. The van der Waals surface area contributed by atoms with Crippen molar-refractivity contribution in [2.75, 3.05) is 12.4 Å². The van der Waals surface area contributed by atoms with Crippen molar-refractivity contribution in [3.05, 3.63) is 45.8 Å². The van der Waals surface area contributed by atoms with Gasteiger partial charge < -0.3 is 14.8 Å². The van der Waals surface area contributed by atoms with Gasteiger partial charge in [-0.2, -0.15) is 0 Å². The average Bonchev–Trinajstić information content (AvgIpc) is 2.89. The zero-order chi connectivity index (χ0) is 20.8. The summed E-state index contributed by atoms with van der Waals surface area (Å²) in [6.07, 6.45) is 6.54. The van der Waals surface area contributed by atoms with E-state index in [0.29, 0.717) is 16.3 Å². The second kappa shape index (κ2) is 9.92. The number of aryl methyl sites for hydroxylation is 2. The highest BCUT2D eigenvalue weighted by Gasteiger charge is 2.27. The van der Waals surface area contributed by atoms with Crippen LogP contribution in [0.1, 0.15) is 65.9 Å². The van der Waals surface area contributed by atoms with E-state index < -0.39 is 6.10 Å². The van der Waals surface area contributed by atoms with E-state index in [4.69, 9.17) is 9.47 Å². The smallest absolute Gasteiger partial charge is 0.341 e. The van der Waals surface area contributed by atoms with E-state index in [0.717, 1.165) is 50.5 Å². The molecule has 6 heteroatoms. The molecule has 0 spiro atoms. The van der Waals surface area contributed by atoms with Gasteiger partial charge in [0.25, 0.3) is 5.91 Å². The minimum Gasteiger partial charge on any atom is -0.481 e. The summed E-state index contributed by atoms with van der Waals surface area (Å²) in [6, 6.07) is 7.83. The number of hydrogen-bond acceptors (Lipinski definition) is 5. The zero-order valence-electron chi connectivity index (χ0n) is 17.4. The first-order valence-corrected chi connectivity index (χ1v) is 11.1. The lowest BCUT2D eigenvalue weighted by Gasteiger charge is -2.15. The second-order valence-corrected chi connectivity index (χ2v) is 8.51. The highest BCUT2D eigenvalue weighted by Crippen LogP contribution is 2.38. The van der Waals surface area contributed by atoms with E-state index in [1.807, 2.05) is 24.3 Å². The number of carbonyl (C=O) groups is 2. The van der Waals surface area contributed by atoms with Crippen LogP contribution in [0.2, 0.25) is 0 Å². The average molecular weight is 416 g/mol. The Morgan fingerprint density at radius 2 is 1.86 bits per heavy atom. The summed E-state index contributed by atoms with van der Waals surface area (Å²) in [4.78, 5) is 26.3. The van der Waals surface area contributed by atoms with Crippen LogP contribution in [0.5, 0.6) is 5.75 Å². The van der Waals surface area contributed by atoms with Crippen LogP contribution in [0.3, 0.4) is 0 Å². The van der Waals surface area contributed by atoms with Crippen molar-refractivity contribution < 1.29 is 19.1 Å². The monoisotopic (exact) mass is 415 g/mol. The van der Waals surface area contributed by atoms with Gasteiger partial charge in [-0.3, -0.25) is 4.79 Å². The predicted octanol–water partition coefficient (Wildman–Crippen LogP) is 5.16. The molecule has 5 nitrogen and oxygen atoms in total. The maximum atomic E-state index is 12.7. The van der Waals surface area contributed by atoms with Crippen LogP contribution in [-0.4, -0.2) is 25.1 Å². The quantitative estimate of drug-likeness (QED) is 0.501. The molecule has 0 saturated heterocycles. The number of methoxy groups -OCH3 is 1. The topological polar surface area (TPSA) is 64.6 Å². The van der Waals surface area contributed by atoms with Crippen LogP contribution >= 0.6 is 11.3 Å². The van der Waals surface area contributed by atoms with Crippen LogP contribution in [0.4, 0.5) is 5.00 Å². The summed E-state index contributed by atoms with van der Waals surface area (Å²) >= 11 is 1.49. The lowest BCUT2D eigenvalue weighted by atomic mass is 10.1. The van der Waals surface area contributed by atoms with Crippen molar-refractivity contribution in [2.24, 2.45) is 0 Å². The van der Waals surface area contributed by atoms with Gasteiger partial charge in [-0.25, -0.2) is 4.79 Å². The number of amides is 1. The number of fused-ring (bicyclic) bond motifs is 1. The van der Waals surface area contributed by atoms with Crippen molar-refractivity contribution in [1.29, 1.82) is 0 Å². The number of thiophene rings is 1. The van der Waals surface area contributed by atoms with Crippen molar-refractivity contribution >= 4 is 28.2 Å². The standard InChI is InChI=1S/C23H29NO4S/c1-4-8-16-11-13-17(14-12-16)28-15(2)21(25)24-22-20(23(26)27-3)18-9-6-5-7-10-19(18)29-22/h11-15H,4-10H2,1-3H3,(H,24,25)/t15-/m0/s1. The molecule has 0 bridgehead atoms. The number of ether oxygens (including phenoxy) is 2. The molecule has 3 rings (SSSR count). The summed E-state index contributed by atoms with van der Waals surface area (Å²) in [6.45, 7) is 3.86. The third-order valence-electron chi connectivity index (χ3n) is 5.19. The fraction of sp³-hybridized carbons (Fsp3) is 0.478. The van der Waals surface area contributed by atoms with E-state index in [1.165, 1.54) is 28.9 Å². The Morgan fingerprint density at radius 3 is 2.55 bits per heavy atom. The van der Waals surface area contributed by atoms with Gasteiger partial charge in [0.1, 0.15) is 10.8 Å². The Labute approximate surface area is 176 Å². The molecule has 1 amide bonds. The summed E-state index contributed by atoms with van der Waals surface area (Å²) < 4.78 is 10.8. The van der Waals surface area contributed by atoms with Crippen molar-refractivity contribution in [1.82, 2.24) is 0 Å². The van der Waals surface area contributed by atoms with Crippen LogP contribution in [0, 0.1) is 0 Å². The molecule has 0 saturated carbocycles. The van der Waals surface area contributed by atoms with Gasteiger partial charge in [0.2, 0.25) is 0 Å². The van der Waals surface area contributed by atoms with E-state index in [9.17, 15) is 9.59 Å². The first-order chi connectivity index (χ1) is 14.0. The largest absolute Gasteiger partial charge is 0.481 e. The lowest BCUT2D eigenvalue weighted by molar-refractivity contribution is -0.122. The molecule has 0 radical (unpaired) electrons. The summed E-state index contributed by atoms with van der Waals surface area (Å²) in [5.41, 5.74) is 2.80. The van der Waals surface area contributed by atoms with Gasteiger partial charge in [0.15, 0.2) is 6.10 Å². The number of benzene rings is 1.